The van der Waals surface area contributed by atoms with Gasteiger partial charge in [0.15, 0.2) is 0 Å². The number of carbonyl (C=O) groups is 1. The van der Waals surface area contributed by atoms with Gasteiger partial charge in [-0.05, 0) is 36.2 Å². The number of hydrogen-bond donors (Lipinski definition) is 3. The molecule has 104 valence electrons. The summed E-state index contributed by atoms with van der Waals surface area (Å²) in [5, 5.41) is 2.73. The van der Waals surface area contributed by atoms with Crippen molar-refractivity contribution in [1.29, 1.82) is 0 Å². The maximum atomic E-state index is 13.0. The number of anilines is 1. The van der Waals surface area contributed by atoms with Crippen molar-refractivity contribution in [1.82, 2.24) is 10.3 Å². The Balaban J connectivity index is 1.85. The summed E-state index contributed by atoms with van der Waals surface area (Å²) in [6.45, 7) is 0.418. The van der Waals surface area contributed by atoms with Crippen molar-refractivity contribution >= 4 is 11.6 Å². The Kier molecular flexibility index (Phi) is 4.62. The number of hydrogen-bond acceptors (Lipinski definition) is 4. The quantitative estimate of drug-likeness (QED) is 0.570. The number of pyridine rings is 1. The van der Waals surface area contributed by atoms with Crippen molar-refractivity contribution in [3.8, 4) is 0 Å². The summed E-state index contributed by atoms with van der Waals surface area (Å²) in [7, 11) is 0. The van der Waals surface area contributed by atoms with E-state index >= 15 is 0 Å². The van der Waals surface area contributed by atoms with Crippen LogP contribution in [0, 0.1) is 5.82 Å². The van der Waals surface area contributed by atoms with Gasteiger partial charge in [0.2, 0.25) is 0 Å². The van der Waals surface area contributed by atoms with E-state index in [-0.39, 0.29) is 11.7 Å². The summed E-state index contributed by atoms with van der Waals surface area (Å²) in [4.78, 5) is 15.8. The molecule has 0 spiro atoms. The van der Waals surface area contributed by atoms with Gasteiger partial charge < -0.3 is 10.7 Å². The molecule has 1 heterocycles. The average Bonchev–Trinajstić information content (AvgIpc) is 2.47. The second-order valence-electron chi connectivity index (χ2n) is 4.21. The van der Waals surface area contributed by atoms with Gasteiger partial charge in [-0.1, -0.05) is 12.1 Å². The van der Waals surface area contributed by atoms with Crippen LogP contribution < -0.4 is 16.6 Å². The van der Waals surface area contributed by atoms with E-state index in [9.17, 15) is 9.18 Å². The second kappa shape index (κ2) is 6.63. The molecule has 2 aromatic rings. The van der Waals surface area contributed by atoms with Gasteiger partial charge in [0.05, 0.1) is 11.9 Å². The van der Waals surface area contributed by atoms with Crippen LogP contribution in [0.2, 0.25) is 0 Å². The number of carbonyl (C=O) groups excluding carboxylic acids is 1. The molecule has 0 saturated heterocycles. The Morgan fingerprint density at radius 1 is 1.30 bits per heavy atom. The number of hydrazine groups is 1. The van der Waals surface area contributed by atoms with Crippen molar-refractivity contribution in [3.63, 3.8) is 0 Å². The van der Waals surface area contributed by atoms with E-state index in [0.29, 0.717) is 24.3 Å². The number of nitrogens with zero attached hydrogens (tertiary/aromatic N) is 1. The largest absolute Gasteiger partial charge is 0.350 e. The third kappa shape index (κ3) is 3.76. The molecule has 0 radical (unpaired) electrons. The lowest BCUT2D eigenvalue weighted by atomic mass is 10.1. The van der Waals surface area contributed by atoms with Gasteiger partial charge in [0, 0.05) is 6.54 Å². The van der Waals surface area contributed by atoms with Crippen molar-refractivity contribution in [2.45, 2.75) is 6.42 Å². The summed E-state index contributed by atoms with van der Waals surface area (Å²) in [5.74, 6) is 4.66. The fourth-order valence-electron chi connectivity index (χ4n) is 1.72. The van der Waals surface area contributed by atoms with Crippen LogP contribution >= 0.6 is 0 Å². The lowest BCUT2D eigenvalue weighted by Crippen LogP contribution is -2.26. The summed E-state index contributed by atoms with van der Waals surface area (Å²) in [6, 6.07) is 9.54. The molecule has 5 nitrogen and oxygen atoms in total. The molecular formula is C14H15FN4O. The van der Waals surface area contributed by atoms with E-state index in [2.05, 4.69) is 15.7 Å². The zero-order chi connectivity index (χ0) is 14.4. The third-order valence-corrected chi connectivity index (χ3v) is 2.75. The van der Waals surface area contributed by atoms with Gasteiger partial charge in [-0.25, -0.2) is 9.37 Å². The Morgan fingerprint density at radius 3 is 2.80 bits per heavy atom. The van der Waals surface area contributed by atoms with Gasteiger partial charge in [-0.3, -0.25) is 10.6 Å². The average molecular weight is 274 g/mol. The van der Waals surface area contributed by atoms with E-state index in [1.54, 1.807) is 18.2 Å². The maximum absolute atomic E-state index is 13.0. The third-order valence-electron chi connectivity index (χ3n) is 2.75. The molecule has 0 fully saturated rings. The highest BCUT2D eigenvalue weighted by Gasteiger charge is 2.06. The van der Waals surface area contributed by atoms with Crippen molar-refractivity contribution in [3.05, 3.63) is 59.7 Å². The molecule has 1 amide bonds. The Bertz CT molecular complexity index is 586. The first-order chi connectivity index (χ1) is 9.69. The van der Waals surface area contributed by atoms with Gasteiger partial charge in [-0.2, -0.15) is 0 Å². The molecule has 6 heteroatoms. The van der Waals surface area contributed by atoms with Crippen molar-refractivity contribution in [2.24, 2.45) is 5.84 Å². The van der Waals surface area contributed by atoms with Crippen molar-refractivity contribution < 1.29 is 9.18 Å². The van der Waals surface area contributed by atoms with E-state index in [1.165, 1.54) is 18.3 Å². The van der Waals surface area contributed by atoms with Gasteiger partial charge >= 0.3 is 0 Å². The number of benzene rings is 1. The first kappa shape index (κ1) is 14.0. The van der Waals surface area contributed by atoms with Crippen LogP contribution in [-0.4, -0.2) is 17.4 Å². The summed E-state index contributed by atoms with van der Waals surface area (Å²) >= 11 is 0. The Morgan fingerprint density at radius 2 is 2.15 bits per heavy atom. The zero-order valence-corrected chi connectivity index (χ0v) is 10.8. The van der Waals surface area contributed by atoms with Crippen LogP contribution in [0.5, 0.6) is 0 Å². The molecular weight excluding hydrogens is 259 g/mol. The number of amides is 1. The van der Waals surface area contributed by atoms with Crippen LogP contribution in [0.3, 0.4) is 0 Å². The van der Waals surface area contributed by atoms with Gasteiger partial charge in [0.1, 0.15) is 11.5 Å². The monoisotopic (exact) mass is 274 g/mol. The number of nitrogens with two attached hydrogens (primary N) is 1. The van der Waals surface area contributed by atoms with Crippen molar-refractivity contribution in [2.75, 3.05) is 12.0 Å². The predicted octanol–water partition coefficient (Wildman–Crippen LogP) is 1.48. The molecule has 0 unspecified atom stereocenters. The molecule has 1 aromatic carbocycles. The first-order valence-corrected chi connectivity index (χ1v) is 6.14. The number of nitrogens with one attached hydrogen (secondary N) is 2. The summed E-state index contributed by atoms with van der Waals surface area (Å²) < 4.78 is 13.0. The zero-order valence-electron chi connectivity index (χ0n) is 10.8. The smallest absolute Gasteiger partial charge is 0.269 e. The first-order valence-electron chi connectivity index (χ1n) is 6.14. The topological polar surface area (TPSA) is 80.0 Å². The van der Waals surface area contributed by atoms with Gasteiger partial charge in [-0.15, -0.1) is 0 Å². The van der Waals surface area contributed by atoms with E-state index in [1.807, 2.05) is 6.07 Å². The standard InChI is InChI=1S/C14H15FN4O/c15-11-3-1-2-10(8-11)6-7-17-14(20)13-5-4-12(19-16)9-18-13/h1-5,8-9,19H,6-7,16H2,(H,17,20). The second-order valence-corrected chi connectivity index (χ2v) is 4.21. The van der Waals surface area contributed by atoms with Crippen LogP contribution in [0.1, 0.15) is 16.1 Å². The minimum atomic E-state index is -0.277. The number of rotatable bonds is 5. The number of halogens is 1. The van der Waals surface area contributed by atoms with Gasteiger partial charge in [0.25, 0.3) is 5.91 Å². The molecule has 0 saturated carbocycles. The Labute approximate surface area is 116 Å². The number of nitrogen functional groups attached to an aromatic ring is 1. The SMILES string of the molecule is NNc1ccc(C(=O)NCCc2cccc(F)c2)nc1. The summed E-state index contributed by atoms with van der Waals surface area (Å²) in [6.07, 6.45) is 2.04. The van der Waals surface area contributed by atoms with Crippen LogP contribution in [0.15, 0.2) is 42.6 Å². The highest BCUT2D eigenvalue weighted by Crippen LogP contribution is 2.05. The minimum absolute atomic E-state index is 0.273. The predicted molar refractivity (Wildman–Crippen MR) is 74.5 cm³/mol. The van der Waals surface area contributed by atoms with Crippen LogP contribution in [0.4, 0.5) is 10.1 Å². The summed E-state index contributed by atoms with van der Waals surface area (Å²) in [5.41, 5.74) is 4.20. The van der Waals surface area contributed by atoms with Crippen LogP contribution in [0.25, 0.3) is 0 Å². The van der Waals surface area contributed by atoms with Crippen LogP contribution in [-0.2, 0) is 6.42 Å². The molecule has 20 heavy (non-hydrogen) atoms. The minimum Gasteiger partial charge on any atom is -0.350 e. The van der Waals surface area contributed by atoms with E-state index in [0.717, 1.165) is 5.56 Å². The lowest BCUT2D eigenvalue weighted by molar-refractivity contribution is 0.0949. The Hall–Kier alpha value is -2.47. The molecule has 0 aliphatic heterocycles. The normalized spacial score (nSPS) is 10.1. The molecule has 0 aliphatic carbocycles. The van der Waals surface area contributed by atoms with E-state index in [4.69, 9.17) is 5.84 Å². The molecule has 1 aromatic heterocycles. The highest BCUT2D eigenvalue weighted by atomic mass is 19.1. The molecule has 0 aliphatic rings. The fourth-order valence-corrected chi connectivity index (χ4v) is 1.72. The highest BCUT2D eigenvalue weighted by molar-refractivity contribution is 5.92. The fraction of sp³-hybridized carbons (Fsp3) is 0.143. The van der Waals surface area contributed by atoms with E-state index < -0.39 is 0 Å². The molecule has 0 bridgehead atoms. The lowest BCUT2D eigenvalue weighted by Gasteiger charge is -2.06. The molecule has 4 N–H and O–H groups in total. The molecule has 0 atom stereocenters. The maximum Gasteiger partial charge on any atom is 0.269 e. The number of aromatic nitrogens is 1. The molecule has 2 rings (SSSR count).